The number of benzene rings is 1. The molecule has 1 saturated carbocycles. The third-order valence-electron chi connectivity index (χ3n) is 2.83. The lowest BCUT2D eigenvalue weighted by Crippen LogP contribution is -2.42. The van der Waals surface area contributed by atoms with Gasteiger partial charge in [-0.25, -0.2) is 0 Å². The van der Waals surface area contributed by atoms with Gasteiger partial charge in [0.15, 0.2) is 0 Å². The third kappa shape index (κ3) is 4.52. The molecule has 1 aromatic rings. The molecule has 0 spiro atoms. The minimum atomic E-state index is -0.256. The molecule has 0 radical (unpaired) electrons. The van der Waals surface area contributed by atoms with Crippen LogP contribution in [-0.4, -0.2) is 23.7 Å². The van der Waals surface area contributed by atoms with E-state index in [0.29, 0.717) is 6.04 Å². The van der Waals surface area contributed by atoms with Crippen LogP contribution in [0.25, 0.3) is 0 Å². The van der Waals surface area contributed by atoms with E-state index in [0.717, 1.165) is 34.9 Å². The van der Waals surface area contributed by atoms with Crippen molar-refractivity contribution in [3.8, 4) is 0 Å². The predicted octanol–water partition coefficient (Wildman–Crippen LogP) is 2.43. The number of halogens is 1. The smallest absolute Gasteiger partial charge is 0.234 e. The number of nitrogens with one attached hydrogen (secondary N) is 1. The van der Waals surface area contributed by atoms with Gasteiger partial charge in [-0.3, -0.25) is 4.79 Å². The largest absolute Gasteiger partial charge is 0.368 e. The van der Waals surface area contributed by atoms with E-state index < -0.39 is 0 Å². The highest BCUT2D eigenvalue weighted by molar-refractivity contribution is 7.99. The highest BCUT2D eigenvalue weighted by atomic mass is 35.5. The Balaban J connectivity index is 1.77. The summed E-state index contributed by atoms with van der Waals surface area (Å²) in [6.07, 6.45) is 3.07. The van der Waals surface area contributed by atoms with E-state index in [1.807, 2.05) is 24.3 Å². The lowest BCUT2D eigenvalue weighted by Gasteiger charge is -2.14. The Morgan fingerprint density at radius 2 is 2.33 bits per heavy atom. The summed E-state index contributed by atoms with van der Waals surface area (Å²) in [5.41, 5.74) is 5.38. The normalized spacial score (nSPS) is 16.5. The van der Waals surface area contributed by atoms with Crippen molar-refractivity contribution in [2.75, 3.05) is 5.75 Å². The third-order valence-corrected chi connectivity index (χ3v) is 4.09. The van der Waals surface area contributed by atoms with Crippen LogP contribution in [0.1, 0.15) is 19.3 Å². The van der Waals surface area contributed by atoms with Gasteiger partial charge < -0.3 is 11.1 Å². The number of carbonyl (C=O) groups is 1. The molecular weight excluding hydrogens is 268 g/mol. The summed E-state index contributed by atoms with van der Waals surface area (Å²) < 4.78 is 0. The number of primary amides is 1. The fraction of sp³-hybridized carbons (Fsp3) is 0.462. The molecule has 2 rings (SSSR count). The van der Waals surface area contributed by atoms with Crippen LogP contribution in [0.4, 0.5) is 0 Å². The number of hydrogen-bond acceptors (Lipinski definition) is 3. The Morgan fingerprint density at radius 1 is 1.56 bits per heavy atom. The number of nitrogens with two attached hydrogens (primary N) is 1. The maximum Gasteiger partial charge on any atom is 0.234 e. The van der Waals surface area contributed by atoms with Crippen LogP contribution in [0.2, 0.25) is 5.02 Å². The minimum Gasteiger partial charge on any atom is -0.368 e. The second-order valence-corrected chi connectivity index (χ2v) is 6.10. The van der Waals surface area contributed by atoms with Crippen LogP contribution in [0.15, 0.2) is 29.2 Å². The van der Waals surface area contributed by atoms with Gasteiger partial charge in [0.1, 0.15) is 0 Å². The van der Waals surface area contributed by atoms with Crippen molar-refractivity contribution in [2.24, 2.45) is 5.73 Å². The zero-order chi connectivity index (χ0) is 13.0. The monoisotopic (exact) mass is 284 g/mol. The molecule has 5 heteroatoms. The van der Waals surface area contributed by atoms with Crippen molar-refractivity contribution in [3.63, 3.8) is 0 Å². The molecule has 3 N–H and O–H groups in total. The summed E-state index contributed by atoms with van der Waals surface area (Å²) in [5, 5.41) is 4.01. The van der Waals surface area contributed by atoms with Gasteiger partial charge in [-0.1, -0.05) is 17.7 Å². The fourth-order valence-electron chi connectivity index (χ4n) is 1.69. The molecule has 0 saturated heterocycles. The van der Waals surface area contributed by atoms with E-state index >= 15 is 0 Å². The maximum atomic E-state index is 11.3. The highest BCUT2D eigenvalue weighted by Gasteiger charge is 2.26. The molecule has 0 aromatic heterocycles. The molecule has 0 aliphatic heterocycles. The van der Waals surface area contributed by atoms with E-state index in [4.69, 9.17) is 17.3 Å². The molecular formula is C13H17ClN2OS. The standard InChI is InChI=1S/C13H17ClN2OS/c14-9-2-1-3-11(8-9)18-7-6-12(13(15)17)16-10-4-5-10/h1-3,8,10,12,16H,4-7H2,(H2,15,17). The average Bonchev–Trinajstić information content (AvgIpc) is 3.11. The molecule has 1 unspecified atom stereocenters. The first-order valence-electron chi connectivity index (χ1n) is 6.09. The van der Waals surface area contributed by atoms with Crippen molar-refractivity contribution >= 4 is 29.3 Å². The second kappa shape index (κ2) is 6.45. The Kier molecular flexibility index (Phi) is 4.92. The molecule has 0 heterocycles. The van der Waals surface area contributed by atoms with Crippen LogP contribution >= 0.6 is 23.4 Å². The molecule has 1 amide bonds. The molecule has 3 nitrogen and oxygen atoms in total. The van der Waals surface area contributed by atoms with Gasteiger partial charge in [0.25, 0.3) is 0 Å². The SMILES string of the molecule is NC(=O)C(CCSc1cccc(Cl)c1)NC1CC1. The van der Waals surface area contributed by atoms with Gasteiger partial charge in [0.2, 0.25) is 5.91 Å². The van der Waals surface area contributed by atoms with Crippen molar-refractivity contribution in [3.05, 3.63) is 29.3 Å². The summed E-state index contributed by atoms with van der Waals surface area (Å²) in [4.78, 5) is 12.4. The van der Waals surface area contributed by atoms with Gasteiger partial charge in [-0.2, -0.15) is 0 Å². The lowest BCUT2D eigenvalue weighted by atomic mass is 10.2. The molecule has 1 fully saturated rings. The van der Waals surface area contributed by atoms with E-state index in [1.54, 1.807) is 11.8 Å². The van der Waals surface area contributed by atoms with E-state index in [2.05, 4.69) is 5.32 Å². The highest BCUT2D eigenvalue weighted by Crippen LogP contribution is 2.24. The molecule has 1 aromatic carbocycles. The Morgan fingerprint density at radius 3 is 2.94 bits per heavy atom. The Labute approximate surface area is 116 Å². The Hall–Kier alpha value is -0.710. The summed E-state index contributed by atoms with van der Waals surface area (Å²) in [5.74, 6) is 0.599. The van der Waals surface area contributed by atoms with Crippen molar-refractivity contribution in [2.45, 2.75) is 36.2 Å². The number of amides is 1. The number of rotatable bonds is 7. The number of hydrogen-bond donors (Lipinski definition) is 2. The lowest BCUT2D eigenvalue weighted by molar-refractivity contribution is -0.120. The van der Waals surface area contributed by atoms with Gasteiger partial charge in [-0.05, 0) is 43.2 Å². The quantitative estimate of drug-likeness (QED) is 0.756. The fourth-order valence-corrected chi connectivity index (χ4v) is 2.92. The van der Waals surface area contributed by atoms with Gasteiger partial charge in [-0.15, -0.1) is 11.8 Å². The van der Waals surface area contributed by atoms with Gasteiger partial charge in [0, 0.05) is 16.0 Å². The van der Waals surface area contributed by atoms with E-state index in [-0.39, 0.29) is 11.9 Å². The van der Waals surface area contributed by atoms with Crippen LogP contribution in [-0.2, 0) is 4.79 Å². The number of carbonyl (C=O) groups excluding carboxylic acids is 1. The van der Waals surface area contributed by atoms with Crippen LogP contribution < -0.4 is 11.1 Å². The molecule has 1 aliphatic rings. The number of thioether (sulfide) groups is 1. The van der Waals surface area contributed by atoms with E-state index in [1.165, 1.54) is 0 Å². The summed E-state index contributed by atoms with van der Waals surface area (Å²) in [6.45, 7) is 0. The van der Waals surface area contributed by atoms with Crippen molar-refractivity contribution < 1.29 is 4.79 Å². The van der Waals surface area contributed by atoms with Gasteiger partial charge in [0.05, 0.1) is 6.04 Å². The maximum absolute atomic E-state index is 11.3. The Bertz CT molecular complexity index is 423. The topological polar surface area (TPSA) is 55.1 Å². The molecule has 1 aliphatic carbocycles. The van der Waals surface area contributed by atoms with Crippen LogP contribution in [0.3, 0.4) is 0 Å². The van der Waals surface area contributed by atoms with Crippen molar-refractivity contribution in [1.29, 1.82) is 0 Å². The second-order valence-electron chi connectivity index (χ2n) is 4.49. The summed E-state index contributed by atoms with van der Waals surface area (Å²) in [7, 11) is 0. The molecule has 0 bridgehead atoms. The van der Waals surface area contributed by atoms with Gasteiger partial charge >= 0.3 is 0 Å². The molecule has 1 atom stereocenters. The first-order chi connectivity index (χ1) is 8.65. The molecule has 18 heavy (non-hydrogen) atoms. The average molecular weight is 285 g/mol. The summed E-state index contributed by atoms with van der Waals surface area (Å²) in [6, 6.07) is 8.03. The zero-order valence-electron chi connectivity index (χ0n) is 10.1. The zero-order valence-corrected chi connectivity index (χ0v) is 11.6. The van der Waals surface area contributed by atoms with Crippen LogP contribution in [0.5, 0.6) is 0 Å². The molecule has 98 valence electrons. The summed E-state index contributed by atoms with van der Waals surface area (Å²) >= 11 is 7.61. The first-order valence-corrected chi connectivity index (χ1v) is 7.45. The van der Waals surface area contributed by atoms with Crippen molar-refractivity contribution in [1.82, 2.24) is 5.32 Å². The predicted molar refractivity (Wildman–Crippen MR) is 75.9 cm³/mol. The van der Waals surface area contributed by atoms with E-state index in [9.17, 15) is 4.79 Å². The van der Waals surface area contributed by atoms with Crippen LogP contribution in [0, 0.1) is 0 Å². The first kappa shape index (κ1) is 13.7. The minimum absolute atomic E-state index is 0.204.